The molecule has 3 unspecified atom stereocenters. The normalized spacial score (nSPS) is 17.0. The molecule has 10 nitrogen and oxygen atoms in total. The molecule has 0 saturated heterocycles. The van der Waals surface area contributed by atoms with Crippen LogP contribution in [0.3, 0.4) is 0 Å². The van der Waals surface area contributed by atoms with Gasteiger partial charge < -0.3 is 14.2 Å². The first-order chi connectivity index (χ1) is 22.3. The highest BCUT2D eigenvalue weighted by Gasteiger charge is 2.43. The lowest BCUT2D eigenvalue weighted by atomic mass is 9.75. The maximum atomic E-state index is 13.8. The van der Waals surface area contributed by atoms with Gasteiger partial charge in [-0.1, -0.05) is 62.9 Å². The van der Waals surface area contributed by atoms with E-state index in [1.54, 1.807) is 26.1 Å². The Balaban J connectivity index is 1.49. The number of aromatic nitrogens is 1. The van der Waals surface area contributed by atoms with Crippen LogP contribution in [0.4, 0.5) is 5.69 Å². The van der Waals surface area contributed by atoms with Crippen LogP contribution in [0, 0.1) is 21.4 Å². The van der Waals surface area contributed by atoms with Gasteiger partial charge in [0.05, 0.1) is 30.8 Å². The number of non-ortho nitro benzene ring substituents is 1. The van der Waals surface area contributed by atoms with E-state index in [1.807, 2.05) is 51.2 Å². The molecule has 10 heteroatoms. The van der Waals surface area contributed by atoms with Crippen LogP contribution >= 0.6 is 0 Å². The van der Waals surface area contributed by atoms with E-state index >= 15 is 0 Å². The highest BCUT2D eigenvalue weighted by molar-refractivity contribution is 6.07. The third-order valence-corrected chi connectivity index (χ3v) is 8.04. The topological polar surface area (TPSA) is 130 Å². The number of ether oxygens (including phenoxy) is 3. The van der Waals surface area contributed by atoms with Gasteiger partial charge in [0.1, 0.15) is 12.0 Å². The van der Waals surface area contributed by atoms with Crippen molar-refractivity contribution in [1.29, 1.82) is 0 Å². The Kier molecular flexibility index (Phi) is 11.2. The smallest absolute Gasteiger partial charge is 0.336 e. The molecule has 3 aromatic rings. The summed E-state index contributed by atoms with van der Waals surface area (Å²) in [5.41, 5.74) is 4.68. The zero-order valence-electron chi connectivity index (χ0n) is 27.7. The summed E-state index contributed by atoms with van der Waals surface area (Å²) in [5, 5.41) is 11.6. The summed E-state index contributed by atoms with van der Waals surface area (Å²) in [6, 6.07) is 18.0. The predicted octanol–water partition coefficient (Wildman–Crippen LogP) is 7.11. The summed E-state index contributed by atoms with van der Waals surface area (Å²) in [7, 11) is 1.25. The van der Waals surface area contributed by atoms with E-state index in [4.69, 9.17) is 14.2 Å². The molecule has 47 heavy (non-hydrogen) atoms. The largest absolute Gasteiger partial charge is 0.468 e. The van der Waals surface area contributed by atoms with Crippen LogP contribution in [0.15, 0.2) is 101 Å². The lowest BCUT2D eigenvalue weighted by Gasteiger charge is -2.32. The SMILES string of the molecule is C=C(C)C(OCC(C)(C)COC(=O)C1=C(C)N=C(C)C(C(=O)OC)C1c1cccc([N+](=O)[O-])c1)c1ccc(Cc2cccnc2)cc1. The van der Waals surface area contributed by atoms with Crippen LogP contribution in [0.2, 0.25) is 0 Å². The van der Waals surface area contributed by atoms with E-state index in [0.717, 1.165) is 28.7 Å². The number of hydrogen-bond donors (Lipinski definition) is 0. The molecule has 0 saturated carbocycles. The summed E-state index contributed by atoms with van der Waals surface area (Å²) < 4.78 is 17.3. The maximum absolute atomic E-state index is 13.8. The molecule has 2 aromatic carbocycles. The molecular weight excluding hydrogens is 598 g/mol. The molecule has 2 heterocycles. The number of benzene rings is 2. The minimum atomic E-state index is -0.961. The Labute approximate surface area is 275 Å². The average molecular weight is 640 g/mol. The van der Waals surface area contributed by atoms with Crippen molar-refractivity contribution in [3.8, 4) is 0 Å². The van der Waals surface area contributed by atoms with Gasteiger partial charge in [0, 0.05) is 47.3 Å². The second kappa shape index (κ2) is 15.1. The maximum Gasteiger partial charge on any atom is 0.336 e. The fourth-order valence-electron chi connectivity index (χ4n) is 5.69. The summed E-state index contributed by atoms with van der Waals surface area (Å²) in [5.74, 6) is -3.12. The first-order valence-corrected chi connectivity index (χ1v) is 15.3. The van der Waals surface area contributed by atoms with Gasteiger partial charge in [-0.15, -0.1) is 0 Å². The molecule has 0 amide bonds. The summed E-state index contributed by atoms with van der Waals surface area (Å²) in [6.07, 6.45) is 4.02. The Morgan fingerprint density at radius 3 is 2.38 bits per heavy atom. The van der Waals surface area contributed by atoms with Gasteiger partial charge in [-0.05, 0) is 61.1 Å². The Morgan fingerprint density at radius 2 is 1.77 bits per heavy atom. The van der Waals surface area contributed by atoms with E-state index in [0.29, 0.717) is 17.0 Å². The van der Waals surface area contributed by atoms with Gasteiger partial charge in [-0.3, -0.25) is 24.9 Å². The molecule has 0 fully saturated rings. The zero-order valence-corrected chi connectivity index (χ0v) is 27.7. The highest BCUT2D eigenvalue weighted by Crippen LogP contribution is 2.41. The molecule has 0 N–H and O–H groups in total. The van der Waals surface area contributed by atoms with Gasteiger partial charge >= 0.3 is 11.9 Å². The van der Waals surface area contributed by atoms with Crippen molar-refractivity contribution in [2.75, 3.05) is 20.3 Å². The Hall–Kier alpha value is -4.96. The van der Waals surface area contributed by atoms with Crippen molar-refractivity contribution in [1.82, 2.24) is 4.98 Å². The van der Waals surface area contributed by atoms with Gasteiger partial charge in [-0.25, -0.2) is 4.79 Å². The molecule has 0 radical (unpaired) electrons. The van der Waals surface area contributed by atoms with Crippen molar-refractivity contribution in [2.45, 2.75) is 53.1 Å². The fourth-order valence-corrected chi connectivity index (χ4v) is 5.69. The van der Waals surface area contributed by atoms with Crippen molar-refractivity contribution < 1.29 is 28.7 Å². The van der Waals surface area contributed by atoms with E-state index in [9.17, 15) is 19.7 Å². The number of carbonyl (C=O) groups is 2. The first-order valence-electron chi connectivity index (χ1n) is 15.3. The fraction of sp³-hybridized carbons (Fsp3) is 0.351. The number of carbonyl (C=O) groups excluding carboxylic acids is 2. The summed E-state index contributed by atoms with van der Waals surface area (Å²) in [6.45, 7) is 13.5. The molecule has 1 aliphatic rings. The predicted molar refractivity (Wildman–Crippen MR) is 179 cm³/mol. The van der Waals surface area contributed by atoms with E-state index in [-0.39, 0.29) is 30.6 Å². The lowest BCUT2D eigenvalue weighted by molar-refractivity contribution is -0.384. The monoisotopic (exact) mass is 639 g/mol. The molecule has 4 rings (SSSR count). The summed E-state index contributed by atoms with van der Waals surface area (Å²) >= 11 is 0. The minimum Gasteiger partial charge on any atom is -0.468 e. The van der Waals surface area contributed by atoms with Gasteiger partial charge in [0.2, 0.25) is 0 Å². The van der Waals surface area contributed by atoms with Crippen molar-refractivity contribution in [3.05, 3.63) is 129 Å². The Morgan fingerprint density at radius 1 is 1.04 bits per heavy atom. The number of nitro groups is 1. The molecule has 0 bridgehead atoms. The van der Waals surface area contributed by atoms with Crippen LogP contribution in [0.25, 0.3) is 0 Å². The molecule has 1 aromatic heterocycles. The van der Waals surface area contributed by atoms with Crippen LogP contribution in [-0.2, 0) is 30.2 Å². The zero-order chi connectivity index (χ0) is 34.3. The highest BCUT2D eigenvalue weighted by atomic mass is 16.6. The molecule has 1 aliphatic heterocycles. The van der Waals surface area contributed by atoms with E-state index in [1.165, 1.54) is 25.3 Å². The second-order valence-electron chi connectivity index (χ2n) is 12.6. The average Bonchev–Trinajstić information content (AvgIpc) is 3.04. The number of pyridine rings is 1. The van der Waals surface area contributed by atoms with Gasteiger partial charge in [0.15, 0.2) is 0 Å². The molecule has 246 valence electrons. The molecule has 3 atom stereocenters. The van der Waals surface area contributed by atoms with Crippen molar-refractivity contribution in [2.24, 2.45) is 16.3 Å². The number of hydrogen-bond acceptors (Lipinski definition) is 9. The number of allylic oxidation sites excluding steroid dienone is 1. The standard InChI is InChI=1S/C37H41N3O7/c1-23(2)34(28-15-13-26(14-16-28)18-27-10-9-17-38-20-27)46-21-37(5,6)22-47-36(42)32-25(4)39-24(3)31(35(41)45-7)33(32)29-11-8-12-30(19-29)40(43)44/h8-17,19-20,31,33-34H,1,18,21-22H2,2-7H3. The quantitative estimate of drug-likeness (QED) is 0.0838. The Bertz CT molecular complexity index is 1690. The second-order valence-corrected chi connectivity index (χ2v) is 12.6. The molecular formula is C37H41N3O7. The number of aliphatic imine (C=N–C) groups is 1. The van der Waals surface area contributed by atoms with Crippen molar-refractivity contribution >= 4 is 23.3 Å². The van der Waals surface area contributed by atoms with Crippen molar-refractivity contribution in [3.63, 3.8) is 0 Å². The van der Waals surface area contributed by atoms with E-state index in [2.05, 4.69) is 28.7 Å². The minimum absolute atomic E-state index is 0.00280. The summed E-state index contributed by atoms with van der Waals surface area (Å²) in [4.78, 5) is 46.4. The number of nitro benzene ring substituents is 1. The van der Waals surface area contributed by atoms with Crippen LogP contribution in [0.1, 0.15) is 68.9 Å². The molecule has 0 spiro atoms. The number of esters is 2. The van der Waals surface area contributed by atoms with E-state index < -0.39 is 34.1 Å². The van der Waals surface area contributed by atoms with Crippen LogP contribution < -0.4 is 0 Å². The molecule has 0 aliphatic carbocycles. The van der Waals surface area contributed by atoms with Crippen LogP contribution in [-0.4, -0.2) is 47.9 Å². The third-order valence-electron chi connectivity index (χ3n) is 8.04. The lowest BCUT2D eigenvalue weighted by Crippen LogP contribution is -2.37. The van der Waals surface area contributed by atoms with Crippen LogP contribution in [0.5, 0.6) is 0 Å². The third kappa shape index (κ3) is 8.65. The van der Waals surface area contributed by atoms with Gasteiger partial charge in [-0.2, -0.15) is 0 Å². The van der Waals surface area contributed by atoms with Gasteiger partial charge in [0.25, 0.3) is 5.69 Å². The number of nitrogens with zero attached hydrogens (tertiary/aromatic N) is 3. The number of methoxy groups -OCH3 is 1. The first kappa shape index (κ1) is 34.9. The number of rotatable bonds is 13.